The summed E-state index contributed by atoms with van der Waals surface area (Å²) in [5, 5.41) is 3.49. The minimum absolute atomic E-state index is 0.407. The Kier molecular flexibility index (Phi) is 7.09. The van der Waals surface area contributed by atoms with E-state index in [4.69, 9.17) is 9.47 Å². The van der Waals surface area contributed by atoms with Crippen LogP contribution in [0.5, 0.6) is 0 Å². The molecule has 0 aromatic heterocycles. The van der Waals surface area contributed by atoms with Crippen LogP contribution in [0.4, 0.5) is 0 Å². The van der Waals surface area contributed by atoms with Gasteiger partial charge in [0.05, 0.1) is 18.8 Å². The van der Waals surface area contributed by atoms with Gasteiger partial charge >= 0.3 is 0 Å². The highest BCUT2D eigenvalue weighted by Gasteiger charge is 2.21. The molecule has 0 aromatic rings. The first-order chi connectivity index (χ1) is 8.13. The van der Waals surface area contributed by atoms with Gasteiger partial charge in [-0.15, -0.1) is 0 Å². The van der Waals surface area contributed by atoms with Gasteiger partial charge in [-0.1, -0.05) is 13.8 Å². The zero-order valence-electron chi connectivity index (χ0n) is 11.9. The predicted octanol–water partition coefficient (Wildman–Crippen LogP) is 2.59. The van der Waals surface area contributed by atoms with E-state index in [1.807, 2.05) is 0 Å². The topological polar surface area (TPSA) is 30.5 Å². The van der Waals surface area contributed by atoms with Gasteiger partial charge in [-0.3, -0.25) is 0 Å². The molecule has 0 amide bonds. The molecule has 0 aliphatic heterocycles. The first-order valence-electron chi connectivity index (χ1n) is 7.01. The van der Waals surface area contributed by atoms with Crippen LogP contribution in [0.1, 0.15) is 46.5 Å². The van der Waals surface area contributed by atoms with E-state index >= 15 is 0 Å². The Morgan fingerprint density at radius 3 is 2.53 bits per heavy atom. The van der Waals surface area contributed by atoms with Gasteiger partial charge in [-0.2, -0.15) is 0 Å². The standard InChI is InChI=1S/C14H29NO2/c1-11(2)12(3)15-8-9-17-14-7-5-6-13(10-14)16-4/h11-15H,5-10H2,1-4H3. The smallest absolute Gasteiger partial charge is 0.0600 e. The zero-order chi connectivity index (χ0) is 12.7. The van der Waals surface area contributed by atoms with Gasteiger partial charge in [-0.05, 0) is 38.5 Å². The molecule has 1 fully saturated rings. The fraction of sp³-hybridized carbons (Fsp3) is 1.00. The number of hydrogen-bond acceptors (Lipinski definition) is 3. The van der Waals surface area contributed by atoms with Crippen molar-refractivity contribution in [1.29, 1.82) is 0 Å². The summed E-state index contributed by atoms with van der Waals surface area (Å²) in [5.74, 6) is 0.683. The maximum atomic E-state index is 5.90. The van der Waals surface area contributed by atoms with Gasteiger partial charge in [0.15, 0.2) is 0 Å². The third-order valence-corrected chi connectivity index (χ3v) is 3.83. The normalized spacial score (nSPS) is 27.4. The summed E-state index contributed by atoms with van der Waals surface area (Å²) in [7, 11) is 1.80. The molecule has 3 nitrogen and oxygen atoms in total. The van der Waals surface area contributed by atoms with Crippen molar-refractivity contribution < 1.29 is 9.47 Å². The highest BCUT2D eigenvalue weighted by molar-refractivity contribution is 4.73. The first kappa shape index (κ1) is 14.9. The molecular formula is C14H29NO2. The second kappa shape index (κ2) is 8.06. The van der Waals surface area contributed by atoms with Crippen LogP contribution in [0, 0.1) is 5.92 Å². The summed E-state index contributed by atoms with van der Waals surface area (Å²) in [5.41, 5.74) is 0. The van der Waals surface area contributed by atoms with Crippen LogP contribution in [0.25, 0.3) is 0 Å². The molecule has 0 radical (unpaired) electrons. The van der Waals surface area contributed by atoms with Gasteiger partial charge in [0.25, 0.3) is 0 Å². The third kappa shape index (κ3) is 5.84. The molecule has 1 N–H and O–H groups in total. The van der Waals surface area contributed by atoms with Crippen molar-refractivity contribution in [1.82, 2.24) is 5.32 Å². The van der Waals surface area contributed by atoms with Crippen molar-refractivity contribution in [2.75, 3.05) is 20.3 Å². The largest absolute Gasteiger partial charge is 0.381 e. The average Bonchev–Trinajstić information content (AvgIpc) is 2.34. The first-order valence-corrected chi connectivity index (χ1v) is 7.01. The third-order valence-electron chi connectivity index (χ3n) is 3.83. The number of hydrogen-bond donors (Lipinski definition) is 1. The van der Waals surface area contributed by atoms with Crippen LogP contribution in [0.2, 0.25) is 0 Å². The zero-order valence-corrected chi connectivity index (χ0v) is 11.9. The highest BCUT2D eigenvalue weighted by atomic mass is 16.5. The van der Waals surface area contributed by atoms with Crippen LogP contribution in [0.15, 0.2) is 0 Å². The Bertz CT molecular complexity index is 197. The summed E-state index contributed by atoms with van der Waals surface area (Å²) in [6.45, 7) is 8.48. The van der Waals surface area contributed by atoms with Crippen LogP contribution < -0.4 is 5.32 Å². The van der Waals surface area contributed by atoms with Gasteiger partial charge in [-0.25, -0.2) is 0 Å². The summed E-state index contributed by atoms with van der Waals surface area (Å²) < 4.78 is 11.3. The van der Waals surface area contributed by atoms with Crippen molar-refractivity contribution in [3.8, 4) is 0 Å². The Balaban J connectivity index is 2.06. The molecule has 0 spiro atoms. The van der Waals surface area contributed by atoms with E-state index in [-0.39, 0.29) is 0 Å². The second-order valence-corrected chi connectivity index (χ2v) is 5.50. The average molecular weight is 243 g/mol. The molecule has 3 heteroatoms. The molecule has 3 atom stereocenters. The molecule has 102 valence electrons. The SMILES string of the molecule is COC1CCCC(OCCNC(C)C(C)C)C1. The Labute approximate surface area is 106 Å². The summed E-state index contributed by atoms with van der Waals surface area (Å²) >= 11 is 0. The summed E-state index contributed by atoms with van der Waals surface area (Å²) in [6, 6.07) is 0.566. The van der Waals surface area contributed by atoms with Crippen molar-refractivity contribution in [2.45, 2.75) is 64.7 Å². The van der Waals surface area contributed by atoms with E-state index in [0.29, 0.717) is 24.2 Å². The van der Waals surface area contributed by atoms with Crippen molar-refractivity contribution >= 4 is 0 Å². The van der Waals surface area contributed by atoms with Gasteiger partial charge in [0, 0.05) is 19.7 Å². The molecule has 0 bridgehead atoms. The monoisotopic (exact) mass is 243 g/mol. The lowest BCUT2D eigenvalue weighted by Crippen LogP contribution is -2.35. The van der Waals surface area contributed by atoms with Gasteiger partial charge in [0.1, 0.15) is 0 Å². The second-order valence-electron chi connectivity index (χ2n) is 5.50. The van der Waals surface area contributed by atoms with E-state index < -0.39 is 0 Å². The molecule has 3 unspecified atom stereocenters. The molecular weight excluding hydrogens is 214 g/mol. The van der Waals surface area contributed by atoms with Crippen LogP contribution in [0.3, 0.4) is 0 Å². The lowest BCUT2D eigenvalue weighted by atomic mass is 9.95. The van der Waals surface area contributed by atoms with Gasteiger partial charge < -0.3 is 14.8 Å². The Hall–Kier alpha value is -0.120. The molecule has 17 heavy (non-hydrogen) atoms. The molecule has 0 saturated heterocycles. The number of nitrogens with one attached hydrogen (secondary N) is 1. The lowest BCUT2D eigenvalue weighted by Gasteiger charge is -2.28. The Morgan fingerprint density at radius 2 is 1.88 bits per heavy atom. The number of methoxy groups -OCH3 is 1. The maximum Gasteiger partial charge on any atom is 0.0600 e. The van der Waals surface area contributed by atoms with Crippen molar-refractivity contribution in [3.63, 3.8) is 0 Å². The van der Waals surface area contributed by atoms with E-state index in [2.05, 4.69) is 26.1 Å². The highest BCUT2D eigenvalue weighted by Crippen LogP contribution is 2.22. The summed E-state index contributed by atoms with van der Waals surface area (Å²) in [6.07, 6.45) is 5.51. The predicted molar refractivity (Wildman–Crippen MR) is 71.3 cm³/mol. The molecule has 1 saturated carbocycles. The van der Waals surface area contributed by atoms with Gasteiger partial charge in [0.2, 0.25) is 0 Å². The maximum absolute atomic E-state index is 5.90. The van der Waals surface area contributed by atoms with Crippen LogP contribution >= 0.6 is 0 Å². The number of rotatable bonds is 7. The van der Waals surface area contributed by atoms with E-state index in [0.717, 1.165) is 19.6 Å². The van der Waals surface area contributed by atoms with E-state index in [1.165, 1.54) is 19.3 Å². The lowest BCUT2D eigenvalue weighted by molar-refractivity contribution is -0.0287. The van der Waals surface area contributed by atoms with Crippen LogP contribution in [-0.4, -0.2) is 38.5 Å². The fourth-order valence-electron chi connectivity index (χ4n) is 2.22. The summed E-state index contributed by atoms with van der Waals surface area (Å²) in [4.78, 5) is 0. The Morgan fingerprint density at radius 1 is 1.18 bits per heavy atom. The van der Waals surface area contributed by atoms with E-state index in [1.54, 1.807) is 7.11 Å². The van der Waals surface area contributed by atoms with Crippen LogP contribution in [-0.2, 0) is 9.47 Å². The van der Waals surface area contributed by atoms with E-state index in [9.17, 15) is 0 Å². The minimum Gasteiger partial charge on any atom is -0.381 e. The van der Waals surface area contributed by atoms with Crippen molar-refractivity contribution in [2.24, 2.45) is 5.92 Å². The molecule has 0 heterocycles. The molecule has 1 aliphatic rings. The number of ether oxygens (including phenoxy) is 2. The molecule has 1 aliphatic carbocycles. The fourth-order valence-corrected chi connectivity index (χ4v) is 2.22. The quantitative estimate of drug-likeness (QED) is 0.697. The minimum atomic E-state index is 0.407. The van der Waals surface area contributed by atoms with Crippen molar-refractivity contribution in [3.05, 3.63) is 0 Å². The molecule has 1 rings (SSSR count). The molecule has 0 aromatic carbocycles.